The van der Waals surface area contributed by atoms with Crippen LogP contribution in [0.2, 0.25) is 0 Å². The first-order chi connectivity index (χ1) is 9.10. The highest BCUT2D eigenvalue weighted by Gasteiger charge is 2.33. The third kappa shape index (κ3) is 4.55. The Morgan fingerprint density at radius 3 is 2.74 bits per heavy atom. The first-order valence-corrected chi connectivity index (χ1v) is 8.17. The molecule has 0 saturated carbocycles. The van der Waals surface area contributed by atoms with Crippen molar-refractivity contribution in [2.45, 2.75) is 40.0 Å². The molecule has 1 aliphatic rings. The van der Waals surface area contributed by atoms with Crippen LogP contribution in [0.1, 0.15) is 37.4 Å². The molecular formula is C15H26N2OS. The van der Waals surface area contributed by atoms with Gasteiger partial charge < -0.3 is 10.1 Å². The van der Waals surface area contributed by atoms with Gasteiger partial charge in [-0.05, 0) is 37.6 Å². The molecule has 0 unspecified atom stereocenters. The Morgan fingerprint density at radius 1 is 1.42 bits per heavy atom. The molecule has 0 radical (unpaired) electrons. The van der Waals surface area contributed by atoms with Crippen molar-refractivity contribution in [1.29, 1.82) is 0 Å². The summed E-state index contributed by atoms with van der Waals surface area (Å²) in [6.45, 7) is 10.6. The van der Waals surface area contributed by atoms with Crippen molar-refractivity contribution < 1.29 is 4.74 Å². The fraction of sp³-hybridized carbons (Fsp3) is 0.800. The third-order valence-corrected chi connectivity index (χ3v) is 4.77. The highest BCUT2D eigenvalue weighted by atomic mass is 32.1. The quantitative estimate of drug-likeness (QED) is 0.871. The molecule has 1 aromatic heterocycles. The summed E-state index contributed by atoms with van der Waals surface area (Å²) in [7, 11) is 0. The van der Waals surface area contributed by atoms with Crippen LogP contribution in [-0.4, -0.2) is 31.3 Å². The van der Waals surface area contributed by atoms with E-state index in [4.69, 9.17) is 4.74 Å². The van der Waals surface area contributed by atoms with Gasteiger partial charge in [-0.1, -0.05) is 13.8 Å². The van der Waals surface area contributed by atoms with E-state index in [2.05, 4.69) is 36.5 Å². The molecule has 108 valence electrons. The number of hydrogen-bond donors (Lipinski definition) is 1. The van der Waals surface area contributed by atoms with E-state index >= 15 is 0 Å². The van der Waals surface area contributed by atoms with Gasteiger partial charge in [-0.2, -0.15) is 0 Å². The van der Waals surface area contributed by atoms with Gasteiger partial charge in [0.1, 0.15) is 0 Å². The van der Waals surface area contributed by atoms with Crippen LogP contribution >= 0.6 is 11.3 Å². The number of hydrogen-bond acceptors (Lipinski definition) is 4. The highest BCUT2D eigenvalue weighted by Crippen LogP contribution is 2.34. The van der Waals surface area contributed by atoms with Crippen LogP contribution < -0.4 is 5.32 Å². The molecule has 1 aromatic rings. The number of aromatic nitrogens is 1. The lowest BCUT2D eigenvalue weighted by Gasteiger charge is -2.37. The molecule has 2 heterocycles. The van der Waals surface area contributed by atoms with Gasteiger partial charge in [0.15, 0.2) is 0 Å². The maximum absolute atomic E-state index is 5.55. The first-order valence-electron chi connectivity index (χ1n) is 7.29. The summed E-state index contributed by atoms with van der Waals surface area (Å²) in [4.78, 5) is 4.64. The molecule has 0 amide bonds. The van der Waals surface area contributed by atoms with E-state index in [1.54, 1.807) is 11.3 Å². The van der Waals surface area contributed by atoms with E-state index in [0.29, 0.717) is 11.3 Å². The average Bonchev–Trinajstić information content (AvgIpc) is 2.75. The van der Waals surface area contributed by atoms with Gasteiger partial charge >= 0.3 is 0 Å². The van der Waals surface area contributed by atoms with Crippen molar-refractivity contribution in [1.82, 2.24) is 10.3 Å². The standard InChI is InChI=1S/C15H26N2OS/c1-12(2)9-16-11-15(4-6-18-7-5-15)8-14-17-13(3)10-19-14/h10,12,16H,4-9,11H2,1-3H3. The fourth-order valence-corrected chi connectivity index (χ4v) is 3.60. The number of thiazole rings is 1. The second kappa shape index (κ2) is 6.82. The topological polar surface area (TPSA) is 34.1 Å². The minimum atomic E-state index is 0.345. The van der Waals surface area contributed by atoms with Crippen molar-refractivity contribution in [2.75, 3.05) is 26.3 Å². The SMILES string of the molecule is Cc1csc(CC2(CNCC(C)C)CCOCC2)n1. The molecule has 1 saturated heterocycles. The molecule has 0 aromatic carbocycles. The second-order valence-electron chi connectivity index (χ2n) is 6.20. The Hall–Kier alpha value is -0.450. The molecule has 1 fully saturated rings. The van der Waals surface area contributed by atoms with E-state index in [-0.39, 0.29) is 0 Å². The Balaban J connectivity index is 1.97. The van der Waals surface area contributed by atoms with E-state index in [1.807, 2.05) is 0 Å². The maximum Gasteiger partial charge on any atom is 0.0934 e. The fourth-order valence-electron chi connectivity index (χ4n) is 2.65. The molecule has 2 rings (SSSR count). The number of ether oxygens (including phenoxy) is 1. The highest BCUT2D eigenvalue weighted by molar-refractivity contribution is 7.09. The zero-order valence-electron chi connectivity index (χ0n) is 12.4. The van der Waals surface area contributed by atoms with E-state index in [1.165, 1.54) is 5.01 Å². The molecule has 1 aliphatic heterocycles. The van der Waals surface area contributed by atoms with Gasteiger partial charge in [-0.3, -0.25) is 0 Å². The summed E-state index contributed by atoms with van der Waals surface area (Å²) in [5, 5.41) is 7.08. The molecule has 4 heteroatoms. The van der Waals surface area contributed by atoms with Gasteiger partial charge in [0.25, 0.3) is 0 Å². The second-order valence-corrected chi connectivity index (χ2v) is 7.14. The minimum Gasteiger partial charge on any atom is -0.381 e. The van der Waals surface area contributed by atoms with Crippen LogP contribution in [0.15, 0.2) is 5.38 Å². The lowest BCUT2D eigenvalue weighted by Crippen LogP contribution is -2.41. The Labute approximate surface area is 120 Å². The predicted octanol–water partition coefficient (Wildman–Crippen LogP) is 3.04. The molecule has 0 aliphatic carbocycles. The summed E-state index contributed by atoms with van der Waals surface area (Å²) >= 11 is 1.80. The zero-order chi connectivity index (χ0) is 13.7. The van der Waals surface area contributed by atoms with Crippen LogP contribution in [-0.2, 0) is 11.2 Å². The minimum absolute atomic E-state index is 0.345. The van der Waals surface area contributed by atoms with Gasteiger partial charge in [0, 0.05) is 37.3 Å². The normalized spacial score (nSPS) is 18.9. The van der Waals surface area contributed by atoms with Crippen molar-refractivity contribution in [3.8, 4) is 0 Å². The smallest absolute Gasteiger partial charge is 0.0934 e. The predicted molar refractivity (Wildman–Crippen MR) is 80.7 cm³/mol. The van der Waals surface area contributed by atoms with Crippen LogP contribution in [0.3, 0.4) is 0 Å². The summed E-state index contributed by atoms with van der Waals surface area (Å²) in [6, 6.07) is 0. The van der Waals surface area contributed by atoms with Crippen LogP contribution in [0.4, 0.5) is 0 Å². The lowest BCUT2D eigenvalue weighted by atomic mass is 9.77. The number of nitrogens with one attached hydrogen (secondary N) is 1. The van der Waals surface area contributed by atoms with Gasteiger partial charge in [-0.25, -0.2) is 4.98 Å². The molecule has 1 N–H and O–H groups in total. The average molecular weight is 282 g/mol. The maximum atomic E-state index is 5.55. The number of nitrogens with zero attached hydrogens (tertiary/aromatic N) is 1. The largest absolute Gasteiger partial charge is 0.381 e. The monoisotopic (exact) mass is 282 g/mol. The van der Waals surface area contributed by atoms with Crippen molar-refractivity contribution in [3.63, 3.8) is 0 Å². The molecule has 19 heavy (non-hydrogen) atoms. The molecule has 0 bridgehead atoms. The summed E-state index contributed by atoms with van der Waals surface area (Å²) in [6.07, 6.45) is 3.40. The first kappa shape index (κ1) is 14.9. The van der Waals surface area contributed by atoms with Gasteiger partial charge in [-0.15, -0.1) is 11.3 Å². The van der Waals surface area contributed by atoms with E-state index in [9.17, 15) is 0 Å². The van der Waals surface area contributed by atoms with Crippen molar-refractivity contribution >= 4 is 11.3 Å². The molecule has 0 atom stereocenters. The van der Waals surface area contributed by atoms with Crippen LogP contribution in [0.5, 0.6) is 0 Å². The van der Waals surface area contributed by atoms with Crippen LogP contribution in [0, 0.1) is 18.3 Å². The lowest BCUT2D eigenvalue weighted by molar-refractivity contribution is 0.0147. The van der Waals surface area contributed by atoms with Gasteiger partial charge in [0.05, 0.1) is 5.01 Å². The van der Waals surface area contributed by atoms with Crippen molar-refractivity contribution in [3.05, 3.63) is 16.1 Å². The van der Waals surface area contributed by atoms with Crippen LogP contribution in [0.25, 0.3) is 0 Å². The Kier molecular flexibility index (Phi) is 5.37. The number of rotatable bonds is 6. The summed E-state index contributed by atoms with van der Waals surface area (Å²) < 4.78 is 5.55. The molecule has 0 spiro atoms. The third-order valence-electron chi connectivity index (χ3n) is 3.80. The summed E-state index contributed by atoms with van der Waals surface area (Å²) in [5.41, 5.74) is 1.49. The van der Waals surface area contributed by atoms with E-state index in [0.717, 1.165) is 51.3 Å². The van der Waals surface area contributed by atoms with Crippen molar-refractivity contribution in [2.24, 2.45) is 11.3 Å². The molecule has 3 nitrogen and oxygen atoms in total. The van der Waals surface area contributed by atoms with Gasteiger partial charge in [0.2, 0.25) is 0 Å². The molecular weight excluding hydrogens is 256 g/mol. The summed E-state index contributed by atoms with van der Waals surface area (Å²) in [5.74, 6) is 0.707. The Morgan fingerprint density at radius 2 is 2.16 bits per heavy atom. The zero-order valence-corrected chi connectivity index (χ0v) is 13.2. The van der Waals surface area contributed by atoms with E-state index < -0.39 is 0 Å². The number of aryl methyl sites for hydroxylation is 1. The Bertz CT molecular complexity index is 383.